The van der Waals surface area contributed by atoms with Crippen molar-refractivity contribution in [2.45, 2.75) is 0 Å². The molecule has 0 unspecified atom stereocenters. The van der Waals surface area contributed by atoms with Gasteiger partial charge in [-0.15, -0.1) is 0 Å². The predicted molar refractivity (Wildman–Crippen MR) is 70.0 cm³/mol. The molecule has 4 nitrogen and oxygen atoms in total. The maximum atomic E-state index is 11.6. The Kier molecular flexibility index (Phi) is 1.86. The van der Waals surface area contributed by atoms with E-state index in [4.69, 9.17) is 11.5 Å². The summed E-state index contributed by atoms with van der Waals surface area (Å²) >= 11 is 0. The first-order chi connectivity index (χ1) is 8.16. The zero-order valence-electron chi connectivity index (χ0n) is 9.03. The number of nitrogen functional groups attached to an aromatic ring is 2. The minimum Gasteiger partial charge on any atom is -0.396 e. The van der Waals surface area contributed by atoms with E-state index < -0.39 is 0 Å². The molecule has 17 heavy (non-hydrogen) atoms. The highest BCUT2D eigenvalue weighted by Gasteiger charge is 2.12. The van der Waals surface area contributed by atoms with Crippen LogP contribution in [-0.4, -0.2) is 4.98 Å². The Morgan fingerprint density at radius 1 is 1.00 bits per heavy atom. The fraction of sp³-hybridized carbons (Fsp3) is 0. The number of aromatic nitrogens is 1. The monoisotopic (exact) mass is 225 g/mol. The molecule has 0 amide bonds. The first kappa shape index (κ1) is 9.72. The van der Waals surface area contributed by atoms with Crippen LogP contribution in [0, 0.1) is 0 Å². The Balaban J connectivity index is 2.53. The molecule has 0 saturated heterocycles. The van der Waals surface area contributed by atoms with Gasteiger partial charge in [-0.2, -0.15) is 0 Å². The molecule has 3 rings (SSSR count). The molecule has 0 aromatic heterocycles. The third kappa shape index (κ3) is 1.34. The molecule has 84 valence electrons. The lowest BCUT2D eigenvalue weighted by molar-refractivity contribution is 1.37. The Morgan fingerprint density at radius 2 is 1.76 bits per heavy atom. The van der Waals surface area contributed by atoms with E-state index in [2.05, 4.69) is 4.98 Å². The van der Waals surface area contributed by atoms with Gasteiger partial charge in [0, 0.05) is 17.1 Å². The van der Waals surface area contributed by atoms with Crippen molar-refractivity contribution < 1.29 is 0 Å². The quantitative estimate of drug-likeness (QED) is 0.403. The number of nitrogens with one attached hydrogen (secondary N) is 1. The number of aromatic amines is 1. The summed E-state index contributed by atoms with van der Waals surface area (Å²) in [6, 6.07) is 11.2. The van der Waals surface area contributed by atoms with Crippen LogP contribution in [0.5, 0.6) is 0 Å². The van der Waals surface area contributed by atoms with Crippen LogP contribution in [0.25, 0.3) is 22.2 Å². The van der Waals surface area contributed by atoms with Crippen molar-refractivity contribution in [2.24, 2.45) is 0 Å². The van der Waals surface area contributed by atoms with Crippen molar-refractivity contribution in [2.75, 3.05) is 11.5 Å². The van der Waals surface area contributed by atoms with Crippen LogP contribution in [0.1, 0.15) is 0 Å². The maximum Gasteiger partial charge on any atom is 0.205 e. The van der Waals surface area contributed by atoms with Gasteiger partial charge in [0.25, 0.3) is 0 Å². The van der Waals surface area contributed by atoms with Crippen molar-refractivity contribution >= 4 is 22.3 Å². The van der Waals surface area contributed by atoms with Gasteiger partial charge >= 0.3 is 0 Å². The summed E-state index contributed by atoms with van der Waals surface area (Å²) in [5.74, 6) is 0. The number of hydrogen-bond acceptors (Lipinski definition) is 3. The zero-order chi connectivity index (χ0) is 12.0. The minimum atomic E-state index is -0.249. The van der Waals surface area contributed by atoms with Crippen molar-refractivity contribution in [1.82, 2.24) is 4.98 Å². The van der Waals surface area contributed by atoms with Crippen molar-refractivity contribution in [1.29, 1.82) is 0 Å². The van der Waals surface area contributed by atoms with Gasteiger partial charge in [0.15, 0.2) is 0 Å². The van der Waals surface area contributed by atoms with E-state index in [9.17, 15) is 4.79 Å². The van der Waals surface area contributed by atoms with Crippen molar-refractivity contribution in [3.8, 4) is 11.3 Å². The first-order valence-electron chi connectivity index (χ1n) is 5.26. The highest BCUT2D eigenvalue weighted by atomic mass is 16.1. The summed E-state index contributed by atoms with van der Waals surface area (Å²) in [7, 11) is 0. The second-order valence-corrected chi connectivity index (χ2v) is 4.02. The van der Waals surface area contributed by atoms with E-state index in [1.54, 1.807) is 0 Å². The van der Waals surface area contributed by atoms with E-state index in [1.807, 2.05) is 30.3 Å². The second kappa shape index (κ2) is 3.25. The van der Waals surface area contributed by atoms with Crippen LogP contribution in [0.3, 0.4) is 0 Å². The van der Waals surface area contributed by atoms with Gasteiger partial charge in [0.05, 0.1) is 11.4 Å². The van der Waals surface area contributed by atoms with Gasteiger partial charge in [-0.3, -0.25) is 4.79 Å². The van der Waals surface area contributed by atoms with E-state index in [1.165, 1.54) is 6.07 Å². The van der Waals surface area contributed by atoms with Crippen LogP contribution >= 0.6 is 0 Å². The molecule has 5 N–H and O–H groups in total. The fourth-order valence-electron chi connectivity index (χ4n) is 2.01. The van der Waals surface area contributed by atoms with Crippen LogP contribution in [0.2, 0.25) is 0 Å². The lowest BCUT2D eigenvalue weighted by Gasteiger charge is -2.12. The van der Waals surface area contributed by atoms with Gasteiger partial charge < -0.3 is 16.5 Å². The maximum absolute atomic E-state index is 11.6. The smallest absolute Gasteiger partial charge is 0.205 e. The Bertz CT molecular complexity index is 745. The number of benzene rings is 2. The van der Waals surface area contributed by atoms with Gasteiger partial charge in [-0.1, -0.05) is 18.2 Å². The molecule has 1 heterocycles. The Hall–Kier alpha value is -2.49. The number of anilines is 2. The molecule has 1 aromatic carbocycles. The van der Waals surface area contributed by atoms with E-state index >= 15 is 0 Å². The summed E-state index contributed by atoms with van der Waals surface area (Å²) < 4.78 is 0. The average Bonchev–Trinajstić information content (AvgIpc) is 2.34. The molecule has 0 spiro atoms. The lowest BCUT2D eigenvalue weighted by Crippen LogP contribution is -2.12. The number of pyridine rings is 1. The lowest BCUT2D eigenvalue weighted by atomic mass is 10.0. The molecule has 2 aliphatic rings. The third-order valence-corrected chi connectivity index (χ3v) is 2.94. The normalized spacial score (nSPS) is 11.1. The number of H-pyrrole nitrogens is 1. The van der Waals surface area contributed by atoms with Crippen LogP contribution in [0.4, 0.5) is 11.4 Å². The largest absolute Gasteiger partial charge is 0.396 e. The zero-order valence-corrected chi connectivity index (χ0v) is 9.03. The van der Waals surface area contributed by atoms with E-state index in [0.29, 0.717) is 11.4 Å². The van der Waals surface area contributed by atoms with Gasteiger partial charge in [-0.05, 0) is 17.5 Å². The van der Waals surface area contributed by atoms with E-state index in [-0.39, 0.29) is 11.1 Å². The predicted octanol–water partition coefficient (Wildman–Crippen LogP) is 1.80. The molecular weight excluding hydrogens is 214 g/mol. The van der Waals surface area contributed by atoms with Crippen LogP contribution < -0.4 is 16.9 Å². The first-order valence-corrected chi connectivity index (χ1v) is 5.26. The number of nitrogens with two attached hydrogens (primary N) is 2. The molecule has 0 atom stereocenters. The van der Waals surface area contributed by atoms with Crippen LogP contribution in [0.15, 0.2) is 41.2 Å². The van der Waals surface area contributed by atoms with Gasteiger partial charge in [0.2, 0.25) is 5.43 Å². The molecule has 1 aromatic rings. The number of rotatable bonds is 0. The summed E-state index contributed by atoms with van der Waals surface area (Å²) in [6.07, 6.45) is 0. The number of fused-ring (bicyclic) bond motifs is 2. The molecule has 0 bridgehead atoms. The number of hydrogen-bond donors (Lipinski definition) is 3. The van der Waals surface area contributed by atoms with Crippen molar-refractivity contribution in [3.63, 3.8) is 0 Å². The summed E-state index contributed by atoms with van der Waals surface area (Å²) in [6.45, 7) is 0. The van der Waals surface area contributed by atoms with Crippen molar-refractivity contribution in [3.05, 3.63) is 46.6 Å². The van der Waals surface area contributed by atoms with Gasteiger partial charge in [0.1, 0.15) is 5.69 Å². The molecule has 4 heteroatoms. The van der Waals surface area contributed by atoms with Gasteiger partial charge in [-0.25, -0.2) is 0 Å². The Labute approximate surface area is 97.2 Å². The standard InChI is InChI=1S/C13H11N3O/c14-12-8-5-7-3-1-2-4-9(7)16-10(8)6-11(17)13(12)15/h1-6,16H,14-15H2. The molecule has 0 fully saturated rings. The Morgan fingerprint density at radius 3 is 2.59 bits per heavy atom. The average molecular weight is 225 g/mol. The highest BCUT2D eigenvalue weighted by Crippen LogP contribution is 2.31. The third-order valence-electron chi connectivity index (χ3n) is 2.94. The summed E-state index contributed by atoms with van der Waals surface area (Å²) in [5, 5.41) is 1.03. The molecule has 1 aliphatic heterocycles. The summed E-state index contributed by atoms with van der Waals surface area (Å²) in [4.78, 5) is 14.7. The minimum absolute atomic E-state index is 0.112. The van der Waals surface area contributed by atoms with E-state index in [0.717, 1.165) is 16.5 Å². The molecule has 1 aliphatic carbocycles. The topological polar surface area (TPSA) is 84.9 Å². The molecule has 0 radical (unpaired) electrons. The van der Waals surface area contributed by atoms with Crippen LogP contribution in [-0.2, 0) is 0 Å². The summed E-state index contributed by atoms with van der Waals surface area (Å²) in [5.41, 5.74) is 14.2. The number of para-hydroxylation sites is 1. The fourth-order valence-corrected chi connectivity index (χ4v) is 2.01. The second-order valence-electron chi connectivity index (χ2n) is 4.02. The highest BCUT2D eigenvalue weighted by molar-refractivity contribution is 5.92. The SMILES string of the molecule is Nc1c2cc3ccccc3[nH]c-2cc(=O)c1N. The molecule has 0 saturated carbocycles. The molecular formula is C13H11N3O.